The van der Waals surface area contributed by atoms with E-state index in [0.717, 1.165) is 0 Å². The van der Waals surface area contributed by atoms with Crippen LogP contribution in [0.25, 0.3) is 0 Å². The molecule has 1 heterocycles. The summed E-state index contributed by atoms with van der Waals surface area (Å²) >= 11 is 0. The van der Waals surface area contributed by atoms with Crippen LogP contribution in [0.2, 0.25) is 0 Å². The van der Waals surface area contributed by atoms with Gasteiger partial charge in [0.2, 0.25) is 5.88 Å². The summed E-state index contributed by atoms with van der Waals surface area (Å²) in [5, 5.41) is 9.07. The molecular weight excluding hydrogens is 247 g/mol. The Morgan fingerprint density at radius 1 is 1.22 bits per heavy atom. The van der Waals surface area contributed by atoms with Gasteiger partial charge in [-0.2, -0.15) is 13.2 Å². The van der Waals surface area contributed by atoms with E-state index in [2.05, 4.69) is 9.72 Å². The molecule has 0 aliphatic heterocycles. The second-order valence-corrected chi connectivity index (χ2v) is 5.01. The molecule has 0 saturated heterocycles. The first kappa shape index (κ1) is 14.8. The van der Waals surface area contributed by atoms with E-state index in [4.69, 9.17) is 5.11 Å². The summed E-state index contributed by atoms with van der Waals surface area (Å²) < 4.78 is 40.8. The van der Waals surface area contributed by atoms with Crippen LogP contribution in [-0.2, 0) is 12.0 Å². The van der Waals surface area contributed by atoms with Crippen molar-refractivity contribution in [3.8, 4) is 5.88 Å². The van der Waals surface area contributed by atoms with Crippen molar-refractivity contribution in [1.82, 2.24) is 4.98 Å². The summed E-state index contributed by atoms with van der Waals surface area (Å²) in [5.74, 6) is -0.121. The van der Waals surface area contributed by atoms with Gasteiger partial charge in [0.25, 0.3) is 0 Å². The van der Waals surface area contributed by atoms with E-state index in [0.29, 0.717) is 11.3 Å². The number of nitrogens with zero attached hydrogens (tertiary/aromatic N) is 1. The molecule has 6 heteroatoms. The zero-order chi connectivity index (χ0) is 14.0. The van der Waals surface area contributed by atoms with Crippen molar-refractivity contribution in [2.45, 2.75) is 39.0 Å². The molecule has 1 aromatic heterocycles. The summed E-state index contributed by atoms with van der Waals surface area (Å²) in [6.07, 6.45) is -4.40. The van der Waals surface area contributed by atoms with E-state index in [-0.39, 0.29) is 17.9 Å². The molecule has 102 valence electrons. The van der Waals surface area contributed by atoms with Crippen molar-refractivity contribution in [1.29, 1.82) is 0 Å². The smallest absolute Gasteiger partial charge is 0.422 e. The lowest BCUT2D eigenvalue weighted by Crippen LogP contribution is -2.21. The highest BCUT2D eigenvalue weighted by Gasteiger charge is 2.29. The van der Waals surface area contributed by atoms with Gasteiger partial charge >= 0.3 is 6.18 Å². The minimum absolute atomic E-state index is 0.121. The molecule has 0 fully saturated rings. The average molecular weight is 263 g/mol. The number of aliphatic hydroxyl groups excluding tert-OH is 1. The molecule has 0 saturated carbocycles. The third-order valence-electron chi connectivity index (χ3n) is 2.20. The quantitative estimate of drug-likeness (QED) is 0.911. The van der Waals surface area contributed by atoms with Crippen LogP contribution in [-0.4, -0.2) is 22.9 Å². The second kappa shape index (κ2) is 5.14. The molecule has 0 atom stereocenters. The Labute approximate surface area is 104 Å². The minimum atomic E-state index is -4.40. The number of hydrogen-bond acceptors (Lipinski definition) is 3. The summed E-state index contributed by atoms with van der Waals surface area (Å²) in [6.45, 7) is 3.98. The molecule has 0 aliphatic rings. The molecule has 0 radical (unpaired) electrons. The van der Waals surface area contributed by atoms with Crippen LogP contribution in [0.3, 0.4) is 0 Å². The van der Waals surface area contributed by atoms with Gasteiger partial charge in [-0.3, -0.25) is 0 Å². The van der Waals surface area contributed by atoms with Crippen LogP contribution in [0.5, 0.6) is 5.88 Å². The fraction of sp³-hybridized carbons (Fsp3) is 0.583. The topological polar surface area (TPSA) is 42.4 Å². The van der Waals surface area contributed by atoms with Crippen LogP contribution >= 0.6 is 0 Å². The van der Waals surface area contributed by atoms with Crippen LogP contribution in [0.4, 0.5) is 13.2 Å². The summed E-state index contributed by atoms with van der Waals surface area (Å²) in [7, 11) is 0. The van der Waals surface area contributed by atoms with Gasteiger partial charge in [0, 0.05) is 11.5 Å². The largest absolute Gasteiger partial charge is 0.468 e. The van der Waals surface area contributed by atoms with Crippen molar-refractivity contribution < 1.29 is 23.0 Å². The van der Waals surface area contributed by atoms with Gasteiger partial charge in [0.1, 0.15) is 0 Å². The van der Waals surface area contributed by atoms with Crippen molar-refractivity contribution in [2.75, 3.05) is 6.61 Å². The second-order valence-electron chi connectivity index (χ2n) is 5.01. The number of ether oxygens (including phenoxy) is 1. The third kappa shape index (κ3) is 4.52. The van der Waals surface area contributed by atoms with Crippen molar-refractivity contribution >= 4 is 0 Å². The molecule has 3 nitrogen and oxygen atoms in total. The van der Waals surface area contributed by atoms with Gasteiger partial charge in [-0.05, 0) is 11.6 Å². The van der Waals surface area contributed by atoms with E-state index in [1.165, 1.54) is 6.07 Å². The van der Waals surface area contributed by atoms with Gasteiger partial charge < -0.3 is 9.84 Å². The number of hydrogen-bond donors (Lipinski definition) is 1. The fourth-order valence-corrected chi connectivity index (χ4v) is 1.26. The minimum Gasteiger partial charge on any atom is -0.468 e. The molecule has 1 rings (SSSR count). The van der Waals surface area contributed by atoms with Crippen molar-refractivity contribution in [3.63, 3.8) is 0 Å². The maximum absolute atomic E-state index is 12.1. The lowest BCUT2D eigenvalue weighted by molar-refractivity contribution is -0.154. The molecule has 1 aromatic rings. The van der Waals surface area contributed by atoms with E-state index in [1.54, 1.807) is 6.07 Å². The SMILES string of the molecule is CC(C)(C)c1cc(CO)cc(OCC(F)(F)F)n1. The van der Waals surface area contributed by atoms with Gasteiger partial charge in [0.05, 0.1) is 12.3 Å². The van der Waals surface area contributed by atoms with Crippen LogP contribution < -0.4 is 4.74 Å². The fourth-order valence-electron chi connectivity index (χ4n) is 1.26. The highest BCUT2D eigenvalue weighted by atomic mass is 19.4. The number of aromatic nitrogens is 1. The first-order valence-corrected chi connectivity index (χ1v) is 5.43. The molecule has 0 spiro atoms. The third-order valence-corrected chi connectivity index (χ3v) is 2.20. The molecule has 0 unspecified atom stereocenters. The first-order valence-electron chi connectivity index (χ1n) is 5.43. The summed E-state index contributed by atoms with van der Waals surface area (Å²) in [4.78, 5) is 4.02. The monoisotopic (exact) mass is 263 g/mol. The average Bonchev–Trinajstić information content (AvgIpc) is 2.24. The number of alkyl halides is 3. The number of pyridine rings is 1. The number of rotatable bonds is 3. The molecule has 18 heavy (non-hydrogen) atoms. The molecule has 1 N–H and O–H groups in total. The van der Waals surface area contributed by atoms with E-state index in [9.17, 15) is 13.2 Å². The molecule has 0 aliphatic carbocycles. The molecule has 0 bridgehead atoms. The van der Waals surface area contributed by atoms with Crippen LogP contribution in [0.15, 0.2) is 12.1 Å². The Hall–Kier alpha value is -1.30. The predicted molar refractivity (Wildman–Crippen MR) is 60.4 cm³/mol. The van der Waals surface area contributed by atoms with Gasteiger partial charge in [-0.25, -0.2) is 4.98 Å². The molecule has 0 aromatic carbocycles. The lowest BCUT2D eigenvalue weighted by atomic mass is 9.91. The van der Waals surface area contributed by atoms with Crippen LogP contribution in [0, 0.1) is 0 Å². The predicted octanol–water partition coefficient (Wildman–Crippen LogP) is 2.81. The number of halogens is 3. The summed E-state index contributed by atoms with van der Waals surface area (Å²) in [6, 6.07) is 2.96. The number of aliphatic hydroxyl groups is 1. The van der Waals surface area contributed by atoms with Gasteiger partial charge in [0.15, 0.2) is 6.61 Å². The maximum atomic E-state index is 12.1. The van der Waals surface area contributed by atoms with E-state index < -0.39 is 12.8 Å². The highest BCUT2D eigenvalue weighted by Crippen LogP contribution is 2.25. The van der Waals surface area contributed by atoms with E-state index >= 15 is 0 Å². The van der Waals surface area contributed by atoms with Gasteiger partial charge in [-0.15, -0.1) is 0 Å². The summed E-state index contributed by atoms with van der Waals surface area (Å²) in [5.41, 5.74) is 0.722. The van der Waals surface area contributed by atoms with Gasteiger partial charge in [-0.1, -0.05) is 20.8 Å². The normalized spacial score (nSPS) is 12.6. The standard InChI is InChI=1S/C12H16F3NO2/c1-11(2,3)9-4-8(6-17)5-10(16-9)18-7-12(13,14)15/h4-5,17H,6-7H2,1-3H3. The highest BCUT2D eigenvalue weighted by molar-refractivity contribution is 5.28. The first-order chi connectivity index (χ1) is 8.12. The zero-order valence-electron chi connectivity index (χ0n) is 10.5. The Kier molecular flexibility index (Phi) is 4.21. The lowest BCUT2D eigenvalue weighted by Gasteiger charge is -2.19. The Morgan fingerprint density at radius 3 is 2.28 bits per heavy atom. The Morgan fingerprint density at radius 2 is 1.83 bits per heavy atom. The van der Waals surface area contributed by atoms with Crippen molar-refractivity contribution in [3.05, 3.63) is 23.4 Å². The van der Waals surface area contributed by atoms with Crippen LogP contribution in [0.1, 0.15) is 32.0 Å². The van der Waals surface area contributed by atoms with E-state index in [1.807, 2.05) is 20.8 Å². The Bertz CT molecular complexity index is 411. The van der Waals surface area contributed by atoms with Crippen molar-refractivity contribution in [2.24, 2.45) is 0 Å². The zero-order valence-corrected chi connectivity index (χ0v) is 10.5. The maximum Gasteiger partial charge on any atom is 0.422 e. The molecular formula is C12H16F3NO2. The molecule has 0 amide bonds. The Balaban J connectivity index is 2.98.